The highest BCUT2D eigenvalue weighted by Gasteiger charge is 2.07. The second-order valence-electron chi connectivity index (χ2n) is 3.63. The van der Waals surface area contributed by atoms with Crippen molar-refractivity contribution in [3.63, 3.8) is 0 Å². The molecule has 1 aromatic carbocycles. The highest BCUT2D eigenvalue weighted by atomic mass is 19.1. The number of carbonyl (C=O) groups excluding carboxylic acids is 1. The molecule has 0 atom stereocenters. The van der Waals surface area contributed by atoms with Gasteiger partial charge in [-0.2, -0.15) is 0 Å². The standard InChI is InChI=1S/C12H10FN3O2/c13-9-5-8(2-3-10(9)14)16-12(18)7-1-4-11(17)15-6-7/h1-6H,14H2,(H,15,17)(H,16,18). The van der Waals surface area contributed by atoms with Crippen molar-refractivity contribution in [3.8, 4) is 0 Å². The molecule has 0 aliphatic rings. The van der Waals surface area contributed by atoms with Crippen LogP contribution in [0.1, 0.15) is 10.4 Å². The third-order valence-electron chi connectivity index (χ3n) is 2.30. The van der Waals surface area contributed by atoms with E-state index in [2.05, 4.69) is 10.3 Å². The molecule has 0 aliphatic carbocycles. The van der Waals surface area contributed by atoms with E-state index in [0.29, 0.717) is 0 Å². The molecule has 1 heterocycles. The maximum atomic E-state index is 13.2. The fourth-order valence-corrected chi connectivity index (χ4v) is 1.36. The van der Waals surface area contributed by atoms with Gasteiger partial charge in [-0.1, -0.05) is 0 Å². The summed E-state index contributed by atoms with van der Waals surface area (Å²) in [6.45, 7) is 0. The molecule has 0 bridgehead atoms. The molecule has 2 rings (SSSR count). The molecule has 0 unspecified atom stereocenters. The van der Waals surface area contributed by atoms with Gasteiger partial charge < -0.3 is 16.0 Å². The largest absolute Gasteiger partial charge is 0.396 e. The van der Waals surface area contributed by atoms with Gasteiger partial charge in [0.05, 0.1) is 11.3 Å². The number of aromatic nitrogens is 1. The van der Waals surface area contributed by atoms with Crippen LogP contribution in [0.25, 0.3) is 0 Å². The topological polar surface area (TPSA) is 88.0 Å². The number of hydrogen-bond donors (Lipinski definition) is 3. The Morgan fingerprint density at radius 3 is 2.67 bits per heavy atom. The van der Waals surface area contributed by atoms with E-state index < -0.39 is 11.7 Å². The van der Waals surface area contributed by atoms with Crippen LogP contribution in [0.5, 0.6) is 0 Å². The van der Waals surface area contributed by atoms with Crippen molar-refractivity contribution in [2.24, 2.45) is 0 Å². The molecule has 0 saturated heterocycles. The van der Waals surface area contributed by atoms with Gasteiger partial charge in [0.25, 0.3) is 5.91 Å². The van der Waals surface area contributed by atoms with Crippen molar-refractivity contribution >= 4 is 17.3 Å². The number of nitrogens with one attached hydrogen (secondary N) is 2. The van der Waals surface area contributed by atoms with Gasteiger partial charge in [-0.05, 0) is 24.3 Å². The molecule has 0 spiro atoms. The van der Waals surface area contributed by atoms with Gasteiger partial charge in [-0.25, -0.2) is 4.39 Å². The zero-order valence-electron chi connectivity index (χ0n) is 9.24. The minimum atomic E-state index is -0.603. The quantitative estimate of drug-likeness (QED) is 0.700. The molecule has 0 radical (unpaired) electrons. The summed E-state index contributed by atoms with van der Waals surface area (Å²) in [5.41, 5.74) is 5.59. The minimum Gasteiger partial charge on any atom is -0.396 e. The molecule has 2 aromatic rings. The number of nitrogen functional groups attached to an aromatic ring is 1. The first kappa shape index (κ1) is 11.8. The summed E-state index contributed by atoms with van der Waals surface area (Å²) < 4.78 is 13.2. The molecule has 1 aromatic heterocycles. The number of anilines is 2. The number of benzene rings is 1. The summed E-state index contributed by atoms with van der Waals surface area (Å²) >= 11 is 0. The molecular formula is C12H10FN3O2. The van der Waals surface area contributed by atoms with Crippen LogP contribution in [-0.2, 0) is 0 Å². The SMILES string of the molecule is Nc1ccc(NC(=O)c2ccc(=O)[nH]c2)cc1F. The second-order valence-corrected chi connectivity index (χ2v) is 3.63. The zero-order chi connectivity index (χ0) is 13.1. The van der Waals surface area contributed by atoms with Crippen LogP contribution in [-0.4, -0.2) is 10.9 Å². The Morgan fingerprint density at radius 1 is 1.28 bits per heavy atom. The van der Waals surface area contributed by atoms with Crippen LogP contribution in [0.2, 0.25) is 0 Å². The summed E-state index contributed by atoms with van der Waals surface area (Å²) in [5, 5.41) is 2.49. The number of nitrogens with two attached hydrogens (primary N) is 1. The number of pyridine rings is 1. The Kier molecular flexibility index (Phi) is 3.09. The predicted molar refractivity (Wildman–Crippen MR) is 65.8 cm³/mol. The average Bonchev–Trinajstić information content (AvgIpc) is 2.34. The summed E-state index contributed by atoms with van der Waals surface area (Å²) in [6, 6.07) is 6.58. The van der Waals surface area contributed by atoms with E-state index in [0.717, 1.165) is 6.07 Å². The Bertz CT molecular complexity index is 632. The highest BCUT2D eigenvalue weighted by molar-refractivity contribution is 6.04. The van der Waals surface area contributed by atoms with Crippen molar-refractivity contribution in [2.75, 3.05) is 11.1 Å². The molecule has 0 saturated carbocycles. The van der Waals surface area contributed by atoms with E-state index in [1.807, 2.05) is 0 Å². The average molecular weight is 247 g/mol. The molecule has 92 valence electrons. The monoisotopic (exact) mass is 247 g/mol. The van der Waals surface area contributed by atoms with E-state index in [4.69, 9.17) is 5.73 Å². The van der Waals surface area contributed by atoms with Gasteiger partial charge in [0.15, 0.2) is 0 Å². The third-order valence-corrected chi connectivity index (χ3v) is 2.30. The van der Waals surface area contributed by atoms with Crippen molar-refractivity contribution in [3.05, 3.63) is 58.3 Å². The maximum absolute atomic E-state index is 13.2. The van der Waals surface area contributed by atoms with E-state index in [1.54, 1.807) is 0 Å². The van der Waals surface area contributed by atoms with Crippen LogP contribution >= 0.6 is 0 Å². The van der Waals surface area contributed by atoms with Gasteiger partial charge in [0.2, 0.25) is 5.56 Å². The van der Waals surface area contributed by atoms with Gasteiger partial charge >= 0.3 is 0 Å². The van der Waals surface area contributed by atoms with Crippen molar-refractivity contribution in [2.45, 2.75) is 0 Å². The molecule has 5 nitrogen and oxygen atoms in total. The molecule has 18 heavy (non-hydrogen) atoms. The van der Waals surface area contributed by atoms with Crippen molar-refractivity contribution < 1.29 is 9.18 Å². The predicted octanol–water partition coefficient (Wildman–Crippen LogP) is 1.35. The normalized spacial score (nSPS) is 10.1. The van der Waals surface area contributed by atoms with Crippen molar-refractivity contribution in [1.29, 1.82) is 0 Å². The van der Waals surface area contributed by atoms with E-state index in [9.17, 15) is 14.0 Å². The van der Waals surface area contributed by atoms with Crippen LogP contribution in [0.3, 0.4) is 0 Å². The van der Waals surface area contributed by atoms with E-state index >= 15 is 0 Å². The van der Waals surface area contributed by atoms with E-state index in [1.165, 1.54) is 30.5 Å². The number of amides is 1. The first-order valence-corrected chi connectivity index (χ1v) is 5.11. The van der Waals surface area contributed by atoms with Crippen LogP contribution in [0.15, 0.2) is 41.3 Å². The lowest BCUT2D eigenvalue weighted by Gasteiger charge is -2.05. The fourth-order valence-electron chi connectivity index (χ4n) is 1.36. The Hall–Kier alpha value is -2.63. The summed E-state index contributed by atoms with van der Waals surface area (Å²) in [7, 11) is 0. The van der Waals surface area contributed by atoms with Gasteiger partial charge in [-0.15, -0.1) is 0 Å². The molecule has 1 amide bonds. The van der Waals surface area contributed by atoms with Crippen LogP contribution in [0.4, 0.5) is 15.8 Å². The summed E-state index contributed by atoms with van der Waals surface area (Å²) in [6.07, 6.45) is 1.28. The Balaban J connectivity index is 2.18. The molecule has 0 aliphatic heterocycles. The molecule has 4 N–H and O–H groups in total. The van der Waals surface area contributed by atoms with Gasteiger partial charge in [0.1, 0.15) is 5.82 Å². The molecule has 0 fully saturated rings. The number of rotatable bonds is 2. The lowest BCUT2D eigenvalue weighted by atomic mass is 10.2. The first-order valence-electron chi connectivity index (χ1n) is 5.11. The fraction of sp³-hybridized carbons (Fsp3) is 0. The Morgan fingerprint density at radius 2 is 2.06 bits per heavy atom. The Labute approximate surface area is 101 Å². The number of aromatic amines is 1. The zero-order valence-corrected chi connectivity index (χ0v) is 9.24. The second kappa shape index (κ2) is 4.70. The summed E-state index contributed by atoms with van der Waals surface area (Å²) in [5.74, 6) is -1.05. The van der Waals surface area contributed by atoms with Crippen molar-refractivity contribution in [1.82, 2.24) is 4.98 Å². The smallest absolute Gasteiger partial charge is 0.257 e. The first-order chi connectivity index (χ1) is 8.56. The number of carbonyl (C=O) groups is 1. The minimum absolute atomic E-state index is 0.0111. The number of hydrogen-bond acceptors (Lipinski definition) is 3. The third kappa shape index (κ3) is 2.54. The molecule has 6 heteroatoms. The lowest BCUT2D eigenvalue weighted by Crippen LogP contribution is -2.14. The van der Waals surface area contributed by atoms with Gasteiger partial charge in [-0.3, -0.25) is 9.59 Å². The summed E-state index contributed by atoms with van der Waals surface area (Å²) in [4.78, 5) is 24.9. The number of halogens is 1. The van der Waals surface area contributed by atoms with Crippen LogP contribution < -0.4 is 16.6 Å². The molecular weight excluding hydrogens is 237 g/mol. The maximum Gasteiger partial charge on any atom is 0.257 e. The van der Waals surface area contributed by atoms with Gasteiger partial charge in [0, 0.05) is 18.0 Å². The lowest BCUT2D eigenvalue weighted by molar-refractivity contribution is 0.102. The van der Waals surface area contributed by atoms with Crippen LogP contribution in [0, 0.1) is 5.82 Å². The highest BCUT2D eigenvalue weighted by Crippen LogP contribution is 2.16. The number of H-pyrrole nitrogens is 1. The van der Waals surface area contributed by atoms with E-state index in [-0.39, 0.29) is 22.5 Å².